The summed E-state index contributed by atoms with van der Waals surface area (Å²) in [5, 5.41) is 2.53. The minimum absolute atomic E-state index is 0.157. The quantitative estimate of drug-likeness (QED) is 0.812. The number of anilines is 2. The average molecular weight is 258 g/mol. The Morgan fingerprint density at radius 1 is 1.11 bits per heavy atom. The van der Waals surface area contributed by atoms with Gasteiger partial charge in [-0.2, -0.15) is 0 Å². The summed E-state index contributed by atoms with van der Waals surface area (Å²) in [5.74, 6) is -0.883. The Morgan fingerprint density at radius 3 is 2.42 bits per heavy atom. The lowest BCUT2D eigenvalue weighted by molar-refractivity contribution is 0.102. The predicted octanol–water partition coefficient (Wildman–Crippen LogP) is 3.28. The molecule has 0 aromatic heterocycles. The highest BCUT2D eigenvalue weighted by molar-refractivity contribution is 6.07. The molecule has 2 aromatic carbocycles. The summed E-state index contributed by atoms with van der Waals surface area (Å²) >= 11 is 0. The minimum atomic E-state index is -0.468. The first-order valence-corrected chi connectivity index (χ1v) is 5.91. The molecule has 0 saturated heterocycles. The molecule has 2 rings (SSSR count). The van der Waals surface area contributed by atoms with Crippen LogP contribution in [0, 0.1) is 19.7 Å². The highest BCUT2D eigenvalue weighted by Crippen LogP contribution is 2.19. The van der Waals surface area contributed by atoms with Crippen molar-refractivity contribution in [2.45, 2.75) is 13.8 Å². The molecule has 0 unspecified atom stereocenters. The predicted molar refractivity (Wildman–Crippen MR) is 74.7 cm³/mol. The minimum Gasteiger partial charge on any atom is -0.398 e. The second-order valence-electron chi connectivity index (χ2n) is 4.53. The molecule has 1 amide bonds. The molecular weight excluding hydrogens is 243 g/mol. The van der Waals surface area contributed by atoms with Gasteiger partial charge in [0.1, 0.15) is 5.82 Å². The number of aryl methyl sites for hydroxylation is 2. The normalized spacial score (nSPS) is 10.3. The smallest absolute Gasteiger partial charge is 0.257 e. The summed E-state index contributed by atoms with van der Waals surface area (Å²) < 4.78 is 13.6. The SMILES string of the molecule is Cc1ccc(C(=O)Nc2cc(C)ccc2F)c(N)c1. The first-order valence-electron chi connectivity index (χ1n) is 5.91. The third-order valence-electron chi connectivity index (χ3n) is 2.82. The van der Waals surface area contributed by atoms with Crippen LogP contribution in [0.1, 0.15) is 21.5 Å². The fraction of sp³-hybridized carbons (Fsp3) is 0.133. The summed E-state index contributed by atoms with van der Waals surface area (Å²) in [4.78, 5) is 12.1. The molecule has 0 aliphatic heterocycles. The van der Waals surface area contributed by atoms with Gasteiger partial charge in [-0.25, -0.2) is 4.39 Å². The van der Waals surface area contributed by atoms with Crippen molar-refractivity contribution in [2.75, 3.05) is 11.1 Å². The van der Waals surface area contributed by atoms with E-state index in [9.17, 15) is 9.18 Å². The zero-order chi connectivity index (χ0) is 14.0. The fourth-order valence-corrected chi connectivity index (χ4v) is 1.81. The Bertz CT molecular complexity index is 638. The van der Waals surface area contributed by atoms with E-state index in [0.29, 0.717) is 11.3 Å². The number of carbonyl (C=O) groups excluding carboxylic acids is 1. The highest BCUT2D eigenvalue weighted by Gasteiger charge is 2.12. The van der Waals surface area contributed by atoms with Crippen LogP contribution in [0.15, 0.2) is 36.4 Å². The van der Waals surface area contributed by atoms with Crippen LogP contribution in [0.25, 0.3) is 0 Å². The van der Waals surface area contributed by atoms with Gasteiger partial charge in [-0.1, -0.05) is 12.1 Å². The van der Waals surface area contributed by atoms with Crippen molar-refractivity contribution < 1.29 is 9.18 Å². The lowest BCUT2D eigenvalue weighted by atomic mass is 10.1. The standard InChI is InChI=1S/C15H15FN2O/c1-9-3-5-11(13(17)7-9)15(19)18-14-8-10(2)4-6-12(14)16/h3-8H,17H2,1-2H3,(H,18,19). The van der Waals surface area contributed by atoms with Gasteiger partial charge in [0.2, 0.25) is 0 Å². The van der Waals surface area contributed by atoms with Gasteiger partial charge >= 0.3 is 0 Å². The van der Waals surface area contributed by atoms with Crippen LogP contribution in [0.2, 0.25) is 0 Å². The monoisotopic (exact) mass is 258 g/mol. The molecule has 4 heteroatoms. The third-order valence-corrected chi connectivity index (χ3v) is 2.82. The van der Waals surface area contributed by atoms with E-state index in [-0.39, 0.29) is 5.69 Å². The fourth-order valence-electron chi connectivity index (χ4n) is 1.81. The molecule has 19 heavy (non-hydrogen) atoms. The Hall–Kier alpha value is -2.36. The van der Waals surface area contributed by atoms with E-state index in [0.717, 1.165) is 11.1 Å². The molecule has 0 saturated carbocycles. The molecule has 0 radical (unpaired) electrons. The molecule has 0 aliphatic rings. The lowest BCUT2D eigenvalue weighted by Crippen LogP contribution is -2.15. The zero-order valence-corrected chi connectivity index (χ0v) is 10.8. The van der Waals surface area contributed by atoms with Crippen LogP contribution < -0.4 is 11.1 Å². The number of nitrogen functional groups attached to an aromatic ring is 1. The number of hydrogen-bond donors (Lipinski definition) is 2. The topological polar surface area (TPSA) is 55.1 Å². The molecule has 0 bridgehead atoms. The van der Waals surface area contributed by atoms with Crippen LogP contribution in [0.4, 0.5) is 15.8 Å². The number of rotatable bonds is 2. The van der Waals surface area contributed by atoms with Gasteiger partial charge in [-0.3, -0.25) is 4.79 Å². The van der Waals surface area contributed by atoms with E-state index in [1.54, 1.807) is 30.3 Å². The van der Waals surface area contributed by atoms with Gasteiger partial charge in [0.05, 0.1) is 11.3 Å². The second kappa shape index (κ2) is 5.10. The molecule has 0 atom stereocenters. The molecule has 2 aromatic rings. The maximum Gasteiger partial charge on any atom is 0.257 e. The maximum absolute atomic E-state index is 13.6. The van der Waals surface area contributed by atoms with Crippen molar-refractivity contribution >= 4 is 17.3 Å². The van der Waals surface area contributed by atoms with Crippen molar-refractivity contribution in [1.29, 1.82) is 0 Å². The van der Waals surface area contributed by atoms with Gasteiger partial charge in [-0.05, 0) is 49.2 Å². The largest absolute Gasteiger partial charge is 0.398 e. The summed E-state index contributed by atoms with van der Waals surface area (Å²) in [6.45, 7) is 3.72. The summed E-state index contributed by atoms with van der Waals surface area (Å²) in [7, 11) is 0. The molecule has 0 fully saturated rings. The van der Waals surface area contributed by atoms with Gasteiger partial charge in [-0.15, -0.1) is 0 Å². The molecule has 98 valence electrons. The Balaban J connectivity index is 2.28. The van der Waals surface area contributed by atoms with Crippen LogP contribution in [0.5, 0.6) is 0 Å². The summed E-state index contributed by atoms with van der Waals surface area (Å²) in [6, 6.07) is 9.68. The zero-order valence-electron chi connectivity index (χ0n) is 10.8. The molecule has 3 nitrogen and oxygen atoms in total. The lowest BCUT2D eigenvalue weighted by Gasteiger charge is -2.09. The van der Waals surface area contributed by atoms with Crippen LogP contribution in [0.3, 0.4) is 0 Å². The van der Waals surface area contributed by atoms with E-state index in [2.05, 4.69) is 5.32 Å². The van der Waals surface area contributed by atoms with E-state index in [4.69, 9.17) is 5.73 Å². The third kappa shape index (κ3) is 2.91. The molecule has 3 N–H and O–H groups in total. The number of nitrogens with two attached hydrogens (primary N) is 1. The molecular formula is C15H15FN2O. The van der Waals surface area contributed by atoms with Crippen LogP contribution in [-0.4, -0.2) is 5.91 Å². The number of amides is 1. The van der Waals surface area contributed by atoms with Crippen molar-refractivity contribution in [3.63, 3.8) is 0 Å². The van der Waals surface area contributed by atoms with Crippen molar-refractivity contribution in [3.8, 4) is 0 Å². The second-order valence-corrected chi connectivity index (χ2v) is 4.53. The maximum atomic E-state index is 13.6. The Kier molecular flexibility index (Phi) is 3.51. The van der Waals surface area contributed by atoms with Crippen molar-refractivity contribution in [2.24, 2.45) is 0 Å². The number of hydrogen-bond acceptors (Lipinski definition) is 2. The average Bonchev–Trinajstić information content (AvgIpc) is 2.33. The number of carbonyl (C=O) groups is 1. The molecule has 0 heterocycles. The summed E-state index contributed by atoms with van der Waals surface area (Å²) in [5.41, 5.74) is 8.50. The first kappa shape index (κ1) is 13.1. The van der Waals surface area contributed by atoms with Crippen molar-refractivity contribution in [3.05, 3.63) is 58.9 Å². The Morgan fingerprint density at radius 2 is 1.74 bits per heavy atom. The van der Waals surface area contributed by atoms with Crippen molar-refractivity contribution in [1.82, 2.24) is 0 Å². The van der Waals surface area contributed by atoms with Gasteiger partial charge < -0.3 is 11.1 Å². The van der Waals surface area contributed by atoms with Gasteiger partial charge in [0, 0.05) is 5.69 Å². The number of benzene rings is 2. The van der Waals surface area contributed by atoms with E-state index in [1.165, 1.54) is 6.07 Å². The highest BCUT2D eigenvalue weighted by atomic mass is 19.1. The summed E-state index contributed by atoms with van der Waals surface area (Å²) in [6.07, 6.45) is 0. The van der Waals surface area contributed by atoms with Crippen LogP contribution in [-0.2, 0) is 0 Å². The van der Waals surface area contributed by atoms with Crippen LogP contribution >= 0.6 is 0 Å². The van der Waals surface area contributed by atoms with Gasteiger partial charge in [0.25, 0.3) is 5.91 Å². The number of nitrogens with one attached hydrogen (secondary N) is 1. The van der Waals surface area contributed by atoms with E-state index >= 15 is 0 Å². The van der Waals surface area contributed by atoms with Gasteiger partial charge in [0.15, 0.2) is 0 Å². The van der Waals surface area contributed by atoms with E-state index in [1.807, 2.05) is 13.8 Å². The first-order chi connectivity index (χ1) is 8.97. The van der Waals surface area contributed by atoms with E-state index < -0.39 is 11.7 Å². The molecule has 0 aliphatic carbocycles. The molecule has 0 spiro atoms. The number of halogens is 1. The Labute approximate surface area is 111 Å².